The van der Waals surface area contributed by atoms with Gasteiger partial charge in [0, 0.05) is 17.5 Å². The number of hydrogen-bond donors (Lipinski definition) is 0. The van der Waals surface area contributed by atoms with Crippen LogP contribution in [-0.2, 0) is 6.61 Å². The van der Waals surface area contributed by atoms with E-state index in [1.165, 1.54) is 6.07 Å². The zero-order chi connectivity index (χ0) is 19.7. The summed E-state index contributed by atoms with van der Waals surface area (Å²) in [5.41, 5.74) is 0.562. The molecular weight excluding hydrogens is 380 g/mol. The predicted molar refractivity (Wildman–Crippen MR) is 89.1 cm³/mol. The molecule has 0 bridgehead atoms. The molecule has 0 saturated heterocycles. The van der Waals surface area contributed by atoms with Crippen molar-refractivity contribution in [2.45, 2.75) is 31.7 Å². The lowest BCUT2D eigenvalue weighted by atomic mass is 10.0. The van der Waals surface area contributed by atoms with Crippen molar-refractivity contribution < 1.29 is 31.5 Å². The summed E-state index contributed by atoms with van der Waals surface area (Å²) in [7, 11) is 0. The molecule has 0 atom stereocenters. The molecule has 0 radical (unpaired) electrons. The van der Waals surface area contributed by atoms with Crippen molar-refractivity contribution in [3.05, 3.63) is 60.1 Å². The smallest absolute Gasteiger partial charge is 0.484 e. The fraction of sp³-hybridized carbons (Fsp3) is 0.263. The van der Waals surface area contributed by atoms with E-state index in [2.05, 4.69) is 14.9 Å². The van der Waals surface area contributed by atoms with Crippen molar-refractivity contribution in [3.8, 4) is 22.6 Å². The molecule has 1 aromatic heterocycles. The second-order valence-corrected chi connectivity index (χ2v) is 6.31. The van der Waals surface area contributed by atoms with Gasteiger partial charge in [-0.2, -0.15) is 0 Å². The maximum atomic E-state index is 14.3. The van der Waals surface area contributed by atoms with Crippen LogP contribution < -0.4 is 9.47 Å². The standard InChI is InChI=1S/C19H14F4N2O3/c20-16-9-14(28-19(21,22)23)6-7-15(16)12-2-1-3-13(8-12)26-10-17-24-25-18(27-17)11-4-5-11/h1-3,6-9,11H,4-5,10H2. The molecule has 0 spiro atoms. The number of nitrogens with zero attached hydrogens (tertiary/aromatic N) is 2. The Morgan fingerprint density at radius 1 is 1.04 bits per heavy atom. The first kappa shape index (κ1) is 18.3. The maximum absolute atomic E-state index is 14.3. The molecule has 0 unspecified atom stereocenters. The van der Waals surface area contributed by atoms with Crippen LogP contribution in [0.2, 0.25) is 0 Å². The Balaban J connectivity index is 1.46. The number of alkyl halides is 3. The van der Waals surface area contributed by atoms with Crippen molar-refractivity contribution in [3.63, 3.8) is 0 Å². The Kier molecular flexibility index (Phi) is 4.66. The van der Waals surface area contributed by atoms with E-state index in [0.29, 0.717) is 35.1 Å². The second kappa shape index (κ2) is 7.14. The van der Waals surface area contributed by atoms with Crippen molar-refractivity contribution in [1.29, 1.82) is 0 Å². The lowest BCUT2D eigenvalue weighted by Crippen LogP contribution is -2.17. The molecule has 3 aromatic rings. The Morgan fingerprint density at radius 3 is 2.57 bits per heavy atom. The zero-order valence-corrected chi connectivity index (χ0v) is 14.4. The van der Waals surface area contributed by atoms with Crippen LogP contribution in [0, 0.1) is 5.82 Å². The van der Waals surface area contributed by atoms with Crippen molar-refractivity contribution in [2.24, 2.45) is 0 Å². The first-order valence-corrected chi connectivity index (χ1v) is 8.48. The summed E-state index contributed by atoms with van der Waals surface area (Å²) in [5.74, 6) is 0.257. The Hall–Kier alpha value is -3.10. The molecule has 1 saturated carbocycles. The number of halogens is 4. The number of hydrogen-bond acceptors (Lipinski definition) is 5. The summed E-state index contributed by atoms with van der Waals surface area (Å²) < 4.78 is 65.8. The van der Waals surface area contributed by atoms with E-state index in [9.17, 15) is 17.6 Å². The number of ether oxygens (including phenoxy) is 2. The third-order valence-corrected chi connectivity index (χ3v) is 4.09. The minimum absolute atomic E-state index is 0.0595. The summed E-state index contributed by atoms with van der Waals surface area (Å²) in [6.07, 6.45) is -2.79. The SMILES string of the molecule is Fc1cc(OC(F)(F)F)ccc1-c1cccc(OCc2nnc(C3CC3)o2)c1. The summed E-state index contributed by atoms with van der Waals surface area (Å²) in [6, 6.07) is 9.46. The average molecular weight is 394 g/mol. The van der Waals surface area contributed by atoms with E-state index in [-0.39, 0.29) is 12.2 Å². The Morgan fingerprint density at radius 2 is 1.86 bits per heavy atom. The molecule has 9 heteroatoms. The van der Waals surface area contributed by atoms with E-state index in [1.54, 1.807) is 24.3 Å². The van der Waals surface area contributed by atoms with E-state index in [4.69, 9.17) is 9.15 Å². The molecule has 0 amide bonds. The van der Waals surface area contributed by atoms with E-state index in [1.807, 2.05) is 0 Å². The first-order chi connectivity index (χ1) is 13.4. The lowest BCUT2D eigenvalue weighted by Gasteiger charge is -2.11. The number of rotatable bonds is 6. The van der Waals surface area contributed by atoms with Crippen LogP contribution in [0.25, 0.3) is 11.1 Å². The largest absolute Gasteiger partial charge is 0.573 e. The fourth-order valence-corrected chi connectivity index (χ4v) is 2.65. The van der Waals surface area contributed by atoms with E-state index in [0.717, 1.165) is 18.9 Å². The minimum Gasteiger partial charge on any atom is -0.484 e. The maximum Gasteiger partial charge on any atom is 0.573 e. The van der Waals surface area contributed by atoms with Gasteiger partial charge < -0.3 is 13.9 Å². The minimum atomic E-state index is -4.88. The second-order valence-electron chi connectivity index (χ2n) is 6.31. The monoisotopic (exact) mass is 394 g/mol. The van der Waals surface area contributed by atoms with Crippen molar-refractivity contribution in [1.82, 2.24) is 10.2 Å². The topological polar surface area (TPSA) is 57.4 Å². The fourth-order valence-electron chi connectivity index (χ4n) is 2.65. The molecule has 1 aliphatic carbocycles. The van der Waals surface area contributed by atoms with Gasteiger partial charge in [0.1, 0.15) is 17.3 Å². The van der Waals surface area contributed by atoms with Crippen LogP contribution in [0.3, 0.4) is 0 Å². The van der Waals surface area contributed by atoms with Gasteiger partial charge in [0.2, 0.25) is 5.89 Å². The molecule has 1 heterocycles. The van der Waals surface area contributed by atoms with Gasteiger partial charge >= 0.3 is 6.36 Å². The van der Waals surface area contributed by atoms with Gasteiger partial charge in [0.15, 0.2) is 6.61 Å². The predicted octanol–water partition coefficient (Wildman–Crippen LogP) is 5.23. The third-order valence-electron chi connectivity index (χ3n) is 4.09. The van der Waals surface area contributed by atoms with Gasteiger partial charge in [-0.05, 0) is 42.7 Å². The summed E-state index contributed by atoms with van der Waals surface area (Å²) in [5, 5.41) is 7.88. The highest BCUT2D eigenvalue weighted by atomic mass is 19.4. The van der Waals surface area contributed by atoms with Crippen molar-refractivity contribution >= 4 is 0 Å². The van der Waals surface area contributed by atoms with Crippen LogP contribution in [0.15, 0.2) is 46.9 Å². The molecule has 5 nitrogen and oxygen atoms in total. The van der Waals surface area contributed by atoms with Gasteiger partial charge in [-0.1, -0.05) is 12.1 Å². The summed E-state index contributed by atoms with van der Waals surface area (Å²) in [6.45, 7) is 0.0595. The van der Waals surface area contributed by atoms with Crippen LogP contribution in [0.5, 0.6) is 11.5 Å². The molecule has 2 aromatic carbocycles. The quantitative estimate of drug-likeness (QED) is 0.536. The Labute approximate surface area is 156 Å². The van der Waals surface area contributed by atoms with Gasteiger partial charge in [0.25, 0.3) is 5.89 Å². The highest BCUT2D eigenvalue weighted by Gasteiger charge is 2.31. The molecule has 1 aliphatic rings. The molecule has 28 heavy (non-hydrogen) atoms. The number of benzene rings is 2. The Bertz CT molecular complexity index is 983. The summed E-state index contributed by atoms with van der Waals surface area (Å²) in [4.78, 5) is 0. The average Bonchev–Trinajstić information content (AvgIpc) is 3.37. The third kappa shape index (κ3) is 4.41. The van der Waals surface area contributed by atoms with Gasteiger partial charge in [-0.15, -0.1) is 23.4 Å². The molecule has 146 valence electrons. The van der Waals surface area contributed by atoms with E-state index < -0.39 is 17.9 Å². The van der Waals surface area contributed by atoms with Crippen LogP contribution in [-0.4, -0.2) is 16.6 Å². The first-order valence-electron chi connectivity index (χ1n) is 8.48. The molecular formula is C19H14F4N2O3. The zero-order valence-electron chi connectivity index (χ0n) is 14.4. The van der Waals surface area contributed by atoms with Crippen LogP contribution in [0.4, 0.5) is 17.6 Å². The van der Waals surface area contributed by atoms with Crippen LogP contribution in [0.1, 0.15) is 30.5 Å². The summed E-state index contributed by atoms with van der Waals surface area (Å²) >= 11 is 0. The van der Waals surface area contributed by atoms with Gasteiger partial charge in [0.05, 0.1) is 0 Å². The normalized spacial score (nSPS) is 14.1. The van der Waals surface area contributed by atoms with Gasteiger partial charge in [-0.25, -0.2) is 4.39 Å². The number of aromatic nitrogens is 2. The molecule has 4 rings (SSSR count). The molecule has 0 N–H and O–H groups in total. The molecule has 1 fully saturated rings. The lowest BCUT2D eigenvalue weighted by molar-refractivity contribution is -0.274. The highest BCUT2D eigenvalue weighted by Crippen LogP contribution is 2.39. The van der Waals surface area contributed by atoms with Crippen molar-refractivity contribution in [2.75, 3.05) is 0 Å². The molecule has 0 aliphatic heterocycles. The van der Waals surface area contributed by atoms with Gasteiger partial charge in [-0.3, -0.25) is 0 Å². The highest BCUT2D eigenvalue weighted by molar-refractivity contribution is 5.66. The van der Waals surface area contributed by atoms with Crippen LogP contribution >= 0.6 is 0 Å². The van der Waals surface area contributed by atoms with E-state index >= 15 is 0 Å².